The van der Waals surface area contributed by atoms with E-state index in [1.54, 1.807) is 11.8 Å². The number of thioether (sulfide) groups is 3. The summed E-state index contributed by atoms with van der Waals surface area (Å²) in [5, 5.41) is 6.95. The van der Waals surface area contributed by atoms with Gasteiger partial charge in [0, 0.05) is 47.9 Å². The van der Waals surface area contributed by atoms with Crippen molar-refractivity contribution in [3.8, 4) is 0 Å². The third-order valence-corrected chi connectivity index (χ3v) is 7.95. The molecule has 0 saturated heterocycles. The smallest absolute Gasteiger partial charge is 0.306 e. The molecule has 0 radical (unpaired) electrons. The Morgan fingerprint density at radius 2 is 1.29 bits per heavy atom. The van der Waals surface area contributed by atoms with Crippen molar-refractivity contribution in [3.05, 3.63) is 0 Å². The quantitative estimate of drug-likeness (QED) is 0.231. The monoisotopic (exact) mass is 494 g/mol. The standard InChI is InChI=1S/C20H34N2O6S3/c1-29-13-9-21-17(23)5-7-19(25)27-11-12-28-20(26)8-6-18(24)22-10-14-31-16-4-3-15(16)30-2/h15-16H,3-14H2,1-2H3,(H,21,23)(H,22,24). The molecule has 2 N–H and O–H groups in total. The molecule has 0 spiro atoms. The highest BCUT2D eigenvalue weighted by Crippen LogP contribution is 2.38. The fourth-order valence-corrected chi connectivity index (χ4v) is 5.52. The van der Waals surface area contributed by atoms with Crippen LogP contribution in [0.5, 0.6) is 0 Å². The van der Waals surface area contributed by atoms with E-state index in [-0.39, 0.29) is 50.7 Å². The first kappa shape index (κ1) is 28.0. The van der Waals surface area contributed by atoms with Crippen LogP contribution in [0.25, 0.3) is 0 Å². The molecular weight excluding hydrogens is 460 g/mol. The van der Waals surface area contributed by atoms with Crippen LogP contribution in [0.15, 0.2) is 0 Å². The molecule has 1 rings (SSSR count). The molecule has 1 saturated carbocycles. The van der Waals surface area contributed by atoms with Crippen molar-refractivity contribution < 1.29 is 28.7 Å². The van der Waals surface area contributed by atoms with Crippen molar-refractivity contribution in [2.75, 3.05) is 50.3 Å². The molecule has 0 aromatic heterocycles. The fraction of sp³-hybridized carbons (Fsp3) is 0.800. The van der Waals surface area contributed by atoms with Crippen molar-refractivity contribution >= 4 is 59.0 Å². The molecule has 2 amide bonds. The molecule has 2 unspecified atom stereocenters. The molecule has 1 aliphatic carbocycles. The second-order valence-corrected chi connectivity index (χ2v) is 10.3. The second-order valence-electron chi connectivity index (χ2n) is 6.89. The van der Waals surface area contributed by atoms with Crippen LogP contribution in [0.1, 0.15) is 38.5 Å². The van der Waals surface area contributed by atoms with Crippen LogP contribution in [0.2, 0.25) is 0 Å². The average Bonchev–Trinajstić information content (AvgIpc) is 2.73. The summed E-state index contributed by atoms with van der Waals surface area (Å²) in [6.45, 7) is 1.03. The van der Waals surface area contributed by atoms with Crippen molar-refractivity contribution in [1.82, 2.24) is 10.6 Å². The Morgan fingerprint density at radius 3 is 1.74 bits per heavy atom. The van der Waals surface area contributed by atoms with Gasteiger partial charge in [-0.25, -0.2) is 0 Å². The van der Waals surface area contributed by atoms with Crippen molar-refractivity contribution in [1.29, 1.82) is 0 Å². The van der Waals surface area contributed by atoms with Crippen LogP contribution in [-0.2, 0) is 28.7 Å². The lowest BCUT2D eigenvalue weighted by Gasteiger charge is -2.34. The molecule has 31 heavy (non-hydrogen) atoms. The zero-order chi connectivity index (χ0) is 22.9. The van der Waals surface area contributed by atoms with Gasteiger partial charge in [-0.1, -0.05) is 0 Å². The molecule has 1 aliphatic rings. The summed E-state index contributed by atoms with van der Waals surface area (Å²) in [4.78, 5) is 46.5. The summed E-state index contributed by atoms with van der Waals surface area (Å²) < 4.78 is 9.88. The number of ether oxygens (including phenoxy) is 2. The van der Waals surface area contributed by atoms with Crippen LogP contribution in [0.3, 0.4) is 0 Å². The van der Waals surface area contributed by atoms with Gasteiger partial charge in [0.15, 0.2) is 0 Å². The molecule has 11 heteroatoms. The van der Waals surface area contributed by atoms with Gasteiger partial charge in [-0.3, -0.25) is 19.2 Å². The van der Waals surface area contributed by atoms with Crippen molar-refractivity contribution in [2.24, 2.45) is 0 Å². The lowest BCUT2D eigenvalue weighted by molar-refractivity contribution is -0.153. The molecule has 0 aromatic rings. The molecular formula is C20H34N2O6S3. The number of rotatable bonds is 17. The predicted molar refractivity (Wildman–Crippen MR) is 128 cm³/mol. The van der Waals surface area contributed by atoms with Crippen LogP contribution in [0.4, 0.5) is 0 Å². The van der Waals surface area contributed by atoms with Gasteiger partial charge in [0.1, 0.15) is 13.2 Å². The second kappa shape index (κ2) is 17.5. The first-order chi connectivity index (χ1) is 15.0. The van der Waals surface area contributed by atoms with E-state index in [4.69, 9.17) is 9.47 Å². The van der Waals surface area contributed by atoms with Crippen molar-refractivity contribution in [3.63, 3.8) is 0 Å². The first-order valence-corrected chi connectivity index (χ1v) is 14.2. The van der Waals surface area contributed by atoms with Crippen LogP contribution >= 0.6 is 35.3 Å². The highest BCUT2D eigenvalue weighted by Gasteiger charge is 2.29. The third kappa shape index (κ3) is 13.8. The van der Waals surface area contributed by atoms with Gasteiger partial charge in [0.2, 0.25) is 11.8 Å². The maximum atomic E-state index is 11.8. The Morgan fingerprint density at radius 1 is 0.774 bits per heavy atom. The average molecular weight is 495 g/mol. The zero-order valence-corrected chi connectivity index (χ0v) is 20.8. The van der Waals surface area contributed by atoms with E-state index in [9.17, 15) is 19.2 Å². The molecule has 0 heterocycles. The molecule has 0 aliphatic heterocycles. The zero-order valence-electron chi connectivity index (χ0n) is 18.3. The fourth-order valence-electron chi connectivity index (χ4n) is 2.66. The first-order valence-electron chi connectivity index (χ1n) is 10.4. The minimum absolute atomic E-state index is 0.0136. The number of hydrogen-bond acceptors (Lipinski definition) is 9. The molecule has 8 nitrogen and oxygen atoms in total. The van der Waals surface area contributed by atoms with Gasteiger partial charge < -0.3 is 20.1 Å². The van der Waals surface area contributed by atoms with E-state index in [0.29, 0.717) is 18.3 Å². The minimum atomic E-state index is -0.515. The number of carbonyl (C=O) groups is 4. The van der Waals surface area contributed by atoms with Crippen LogP contribution in [-0.4, -0.2) is 84.6 Å². The lowest BCUT2D eigenvalue weighted by Crippen LogP contribution is -2.33. The van der Waals surface area contributed by atoms with E-state index in [1.165, 1.54) is 12.8 Å². The third-order valence-electron chi connectivity index (χ3n) is 4.56. The van der Waals surface area contributed by atoms with E-state index >= 15 is 0 Å². The van der Waals surface area contributed by atoms with Crippen LogP contribution in [0, 0.1) is 0 Å². The summed E-state index contributed by atoms with van der Waals surface area (Å²) >= 11 is 5.43. The highest BCUT2D eigenvalue weighted by atomic mass is 32.2. The summed E-state index contributed by atoms with van der Waals surface area (Å²) in [6, 6.07) is 0. The van der Waals surface area contributed by atoms with Gasteiger partial charge >= 0.3 is 11.9 Å². The van der Waals surface area contributed by atoms with E-state index in [1.807, 2.05) is 29.8 Å². The van der Waals surface area contributed by atoms with Gasteiger partial charge in [-0.05, 0) is 25.4 Å². The van der Waals surface area contributed by atoms with Gasteiger partial charge in [-0.15, -0.1) is 0 Å². The summed E-state index contributed by atoms with van der Waals surface area (Å²) in [6.07, 6.45) is 6.73. The Kier molecular flexibility index (Phi) is 15.8. The van der Waals surface area contributed by atoms with E-state index in [2.05, 4.69) is 16.9 Å². The summed E-state index contributed by atoms with van der Waals surface area (Å²) in [5.74, 6) is 0.311. The maximum Gasteiger partial charge on any atom is 0.306 e. The number of hydrogen-bond donors (Lipinski definition) is 2. The highest BCUT2D eigenvalue weighted by molar-refractivity contribution is 8.03. The Bertz CT molecular complexity index is 577. The molecule has 178 valence electrons. The lowest BCUT2D eigenvalue weighted by atomic mass is 9.99. The number of esters is 2. The number of amides is 2. The van der Waals surface area contributed by atoms with Gasteiger partial charge in [-0.2, -0.15) is 35.3 Å². The van der Waals surface area contributed by atoms with Crippen LogP contribution < -0.4 is 10.6 Å². The summed E-state index contributed by atoms with van der Waals surface area (Å²) in [5.41, 5.74) is 0. The van der Waals surface area contributed by atoms with E-state index < -0.39 is 11.9 Å². The largest absolute Gasteiger partial charge is 0.462 e. The number of nitrogens with one attached hydrogen (secondary N) is 2. The normalized spacial score (nSPS) is 17.4. The molecule has 2 atom stereocenters. The van der Waals surface area contributed by atoms with Gasteiger partial charge in [0.25, 0.3) is 0 Å². The van der Waals surface area contributed by atoms with Gasteiger partial charge in [0.05, 0.1) is 12.8 Å². The Balaban J connectivity index is 1.94. The Labute approximate surface area is 197 Å². The summed E-state index contributed by atoms with van der Waals surface area (Å²) in [7, 11) is 0. The topological polar surface area (TPSA) is 111 Å². The molecule has 0 aromatic carbocycles. The molecule has 1 fully saturated rings. The van der Waals surface area contributed by atoms with Crippen molar-refractivity contribution in [2.45, 2.75) is 49.0 Å². The molecule has 0 bridgehead atoms. The minimum Gasteiger partial charge on any atom is -0.462 e. The maximum absolute atomic E-state index is 11.8. The Hall–Kier alpha value is -1.07. The number of carbonyl (C=O) groups excluding carboxylic acids is 4. The predicted octanol–water partition coefficient (Wildman–Crippen LogP) is 1.86. The SMILES string of the molecule is CSCCNC(=O)CCC(=O)OCCOC(=O)CCC(=O)NCCSC1CCC1SC. The van der Waals surface area contributed by atoms with E-state index in [0.717, 1.165) is 16.8 Å².